The van der Waals surface area contributed by atoms with Crippen LogP contribution in [0.25, 0.3) is 82.4 Å². The monoisotopic (exact) mass is 738 g/mol. The van der Waals surface area contributed by atoms with Crippen LogP contribution in [-0.4, -0.2) is 4.57 Å². The Hall–Kier alpha value is -7.68. The van der Waals surface area contributed by atoms with Gasteiger partial charge in [-0.3, -0.25) is 0 Å². The molecule has 0 saturated heterocycles. The molecule has 0 fully saturated rings. The maximum absolute atomic E-state index is 2.43. The highest BCUT2D eigenvalue weighted by Crippen LogP contribution is 2.45. The third kappa shape index (κ3) is 5.66. The van der Waals surface area contributed by atoms with Gasteiger partial charge in [-0.15, -0.1) is 0 Å². The predicted octanol–water partition coefficient (Wildman–Crippen LogP) is 15.6. The summed E-state index contributed by atoms with van der Waals surface area (Å²) in [6, 6.07) is 83.7. The van der Waals surface area contributed by atoms with E-state index in [0.29, 0.717) is 0 Å². The minimum absolute atomic E-state index is 1.09. The van der Waals surface area contributed by atoms with Gasteiger partial charge in [0, 0.05) is 33.4 Å². The molecule has 0 unspecified atom stereocenters. The zero-order chi connectivity index (χ0) is 38.4. The number of benzene rings is 10. The third-order valence-corrected chi connectivity index (χ3v) is 11.6. The van der Waals surface area contributed by atoms with E-state index in [1.165, 1.54) is 76.7 Å². The zero-order valence-corrected chi connectivity index (χ0v) is 31.8. The van der Waals surface area contributed by atoms with E-state index in [-0.39, 0.29) is 0 Å². The lowest BCUT2D eigenvalue weighted by Crippen LogP contribution is -2.11. The summed E-state index contributed by atoms with van der Waals surface area (Å²) in [6.45, 7) is 0. The van der Waals surface area contributed by atoms with Crippen LogP contribution in [0.4, 0.5) is 17.1 Å². The molecule has 0 atom stereocenters. The van der Waals surface area contributed by atoms with Crippen molar-refractivity contribution in [1.29, 1.82) is 0 Å². The zero-order valence-electron chi connectivity index (χ0n) is 31.8. The third-order valence-electron chi connectivity index (χ3n) is 11.6. The molecular formula is C56H38N2. The molecule has 1 aromatic heterocycles. The van der Waals surface area contributed by atoms with Gasteiger partial charge in [0.25, 0.3) is 0 Å². The Bertz CT molecular complexity index is 3250. The maximum Gasteiger partial charge on any atom is 0.0547 e. The second-order valence-electron chi connectivity index (χ2n) is 14.9. The fraction of sp³-hybridized carbons (Fsp3) is 0. The average molecular weight is 739 g/mol. The smallest absolute Gasteiger partial charge is 0.0547 e. The van der Waals surface area contributed by atoms with Crippen LogP contribution in [0.1, 0.15) is 0 Å². The molecule has 10 aromatic carbocycles. The van der Waals surface area contributed by atoms with Crippen molar-refractivity contribution in [3.63, 3.8) is 0 Å². The number of fused-ring (bicyclic) bond motifs is 6. The molecule has 2 heteroatoms. The Balaban J connectivity index is 1.15. The van der Waals surface area contributed by atoms with E-state index in [0.717, 1.165) is 22.7 Å². The van der Waals surface area contributed by atoms with Crippen molar-refractivity contribution >= 4 is 60.4 Å². The van der Waals surface area contributed by atoms with Gasteiger partial charge in [0.05, 0.1) is 16.7 Å². The highest BCUT2D eigenvalue weighted by molar-refractivity contribution is 6.17. The van der Waals surface area contributed by atoms with Crippen molar-refractivity contribution in [3.8, 4) is 39.1 Å². The van der Waals surface area contributed by atoms with Crippen LogP contribution in [0.5, 0.6) is 0 Å². The summed E-state index contributed by atoms with van der Waals surface area (Å²) in [5.74, 6) is 0. The van der Waals surface area contributed by atoms with Crippen molar-refractivity contribution < 1.29 is 0 Å². The summed E-state index contributed by atoms with van der Waals surface area (Å²) in [5.41, 5.74) is 14.0. The standard InChI is InChI=1S/C56H38N2/c1-4-17-39(18-5-1)47-25-14-15-29-53(47)57(44-33-31-41(32-34-44)51-37-42-21-10-11-24-46(42)49-26-12-13-27-50(49)51)45-35-36-54-52(38-45)56-48(40-19-6-2-7-20-40)28-16-30-55(56)58(54)43-22-8-3-9-23-43/h1-38H. The lowest BCUT2D eigenvalue weighted by molar-refractivity contribution is 1.18. The van der Waals surface area contributed by atoms with Gasteiger partial charge in [-0.2, -0.15) is 0 Å². The van der Waals surface area contributed by atoms with Crippen LogP contribution in [0.15, 0.2) is 231 Å². The predicted molar refractivity (Wildman–Crippen MR) is 247 cm³/mol. The summed E-state index contributed by atoms with van der Waals surface area (Å²) >= 11 is 0. The quantitative estimate of drug-likeness (QED) is 0.148. The van der Waals surface area contributed by atoms with Crippen molar-refractivity contribution in [2.75, 3.05) is 4.90 Å². The second kappa shape index (κ2) is 14.1. The summed E-state index contributed by atoms with van der Waals surface area (Å²) in [6.07, 6.45) is 0. The molecule has 0 radical (unpaired) electrons. The second-order valence-corrected chi connectivity index (χ2v) is 14.9. The molecule has 58 heavy (non-hydrogen) atoms. The molecule has 0 aliphatic rings. The fourth-order valence-corrected chi connectivity index (χ4v) is 8.95. The average Bonchev–Trinajstić information content (AvgIpc) is 3.64. The van der Waals surface area contributed by atoms with Crippen molar-refractivity contribution in [3.05, 3.63) is 231 Å². The first-order valence-corrected chi connectivity index (χ1v) is 19.9. The minimum Gasteiger partial charge on any atom is -0.310 e. The van der Waals surface area contributed by atoms with Gasteiger partial charge < -0.3 is 9.47 Å². The van der Waals surface area contributed by atoms with E-state index in [2.05, 4.69) is 240 Å². The summed E-state index contributed by atoms with van der Waals surface area (Å²) in [5, 5.41) is 7.50. The molecule has 11 rings (SSSR count). The van der Waals surface area contributed by atoms with E-state index in [1.54, 1.807) is 0 Å². The molecule has 0 spiro atoms. The molecule has 0 N–H and O–H groups in total. The van der Waals surface area contributed by atoms with Crippen LogP contribution < -0.4 is 4.90 Å². The number of hydrogen-bond acceptors (Lipinski definition) is 1. The van der Waals surface area contributed by atoms with E-state index in [9.17, 15) is 0 Å². The van der Waals surface area contributed by atoms with Gasteiger partial charge in [0.1, 0.15) is 0 Å². The van der Waals surface area contributed by atoms with Crippen LogP contribution in [0, 0.1) is 0 Å². The number of hydrogen-bond donors (Lipinski definition) is 0. The molecule has 0 aliphatic carbocycles. The van der Waals surface area contributed by atoms with Crippen LogP contribution in [0.3, 0.4) is 0 Å². The van der Waals surface area contributed by atoms with Crippen LogP contribution >= 0.6 is 0 Å². The molecule has 2 nitrogen and oxygen atoms in total. The van der Waals surface area contributed by atoms with Gasteiger partial charge in [-0.05, 0) is 110 Å². The molecule has 0 amide bonds. The normalized spacial score (nSPS) is 11.4. The SMILES string of the molecule is c1ccc(-c2ccccc2N(c2ccc(-c3cc4ccccc4c4ccccc34)cc2)c2ccc3c(c2)c2c(-c4ccccc4)cccc2n3-c2ccccc2)cc1. The first-order valence-electron chi connectivity index (χ1n) is 19.9. The first-order chi connectivity index (χ1) is 28.8. The number of nitrogens with zero attached hydrogens (tertiary/aromatic N) is 2. The number of aromatic nitrogens is 1. The topological polar surface area (TPSA) is 8.17 Å². The molecule has 272 valence electrons. The number of rotatable bonds is 7. The van der Waals surface area contributed by atoms with Crippen LogP contribution in [-0.2, 0) is 0 Å². The Morgan fingerprint density at radius 2 is 0.879 bits per heavy atom. The van der Waals surface area contributed by atoms with Gasteiger partial charge in [0.2, 0.25) is 0 Å². The first kappa shape index (κ1) is 33.6. The molecule has 0 aliphatic heterocycles. The Morgan fingerprint density at radius 3 is 1.64 bits per heavy atom. The molecule has 1 heterocycles. The molecule has 0 bridgehead atoms. The summed E-state index contributed by atoms with van der Waals surface area (Å²) in [7, 11) is 0. The highest BCUT2D eigenvalue weighted by atomic mass is 15.1. The summed E-state index contributed by atoms with van der Waals surface area (Å²) in [4.78, 5) is 2.43. The number of anilines is 3. The van der Waals surface area contributed by atoms with Crippen molar-refractivity contribution in [2.24, 2.45) is 0 Å². The molecule has 11 aromatic rings. The van der Waals surface area contributed by atoms with Gasteiger partial charge in [-0.1, -0.05) is 170 Å². The van der Waals surface area contributed by atoms with E-state index in [1.807, 2.05) is 0 Å². The Kier molecular flexibility index (Phi) is 8.19. The van der Waals surface area contributed by atoms with Gasteiger partial charge in [0.15, 0.2) is 0 Å². The summed E-state index contributed by atoms with van der Waals surface area (Å²) < 4.78 is 2.41. The maximum atomic E-state index is 2.43. The lowest BCUT2D eigenvalue weighted by atomic mass is 9.93. The number of para-hydroxylation sites is 2. The highest BCUT2D eigenvalue weighted by Gasteiger charge is 2.22. The Morgan fingerprint density at radius 1 is 0.310 bits per heavy atom. The fourth-order valence-electron chi connectivity index (χ4n) is 8.95. The van der Waals surface area contributed by atoms with Gasteiger partial charge >= 0.3 is 0 Å². The van der Waals surface area contributed by atoms with E-state index in [4.69, 9.17) is 0 Å². The van der Waals surface area contributed by atoms with Crippen LogP contribution in [0.2, 0.25) is 0 Å². The van der Waals surface area contributed by atoms with Crippen molar-refractivity contribution in [2.45, 2.75) is 0 Å². The van der Waals surface area contributed by atoms with E-state index < -0.39 is 0 Å². The molecular weight excluding hydrogens is 701 g/mol. The van der Waals surface area contributed by atoms with E-state index >= 15 is 0 Å². The largest absolute Gasteiger partial charge is 0.310 e. The minimum atomic E-state index is 1.09. The Labute approximate surface area is 338 Å². The lowest BCUT2D eigenvalue weighted by Gasteiger charge is -2.28. The molecule has 0 saturated carbocycles. The van der Waals surface area contributed by atoms with Crippen molar-refractivity contribution in [1.82, 2.24) is 4.57 Å². The van der Waals surface area contributed by atoms with Gasteiger partial charge in [-0.25, -0.2) is 0 Å².